The number of nitrogens with zero attached hydrogens (tertiary/aromatic N) is 2. The highest BCUT2D eigenvalue weighted by Crippen LogP contribution is 2.53. The molecule has 36 heavy (non-hydrogen) atoms. The molecule has 2 N–H and O–H groups in total. The summed E-state index contributed by atoms with van der Waals surface area (Å²) in [5, 5.41) is 11.2. The Balaban J connectivity index is 1.80. The maximum atomic E-state index is 11.4. The Morgan fingerprint density at radius 2 is 1.78 bits per heavy atom. The van der Waals surface area contributed by atoms with E-state index in [4.69, 9.17) is 9.47 Å². The Kier molecular flexibility index (Phi) is 4.59. The maximum absolute atomic E-state index is 11.4. The number of methoxy groups -OCH3 is 1. The third-order valence-electron chi connectivity index (χ3n) is 8.58. The molecule has 4 atom stereocenters. The summed E-state index contributed by atoms with van der Waals surface area (Å²) in [6, 6.07) is 17.2. The molecular weight excluding hydrogens is 452 g/mol. The van der Waals surface area contributed by atoms with Crippen molar-refractivity contribution in [2.75, 3.05) is 14.2 Å². The minimum absolute atomic E-state index is 0.0952. The Bertz CT molecular complexity index is 1700. The van der Waals surface area contributed by atoms with Crippen molar-refractivity contribution in [3.63, 3.8) is 0 Å². The largest absolute Gasteiger partial charge is 0.375 e. The van der Waals surface area contributed by atoms with E-state index in [-0.39, 0.29) is 18.4 Å². The zero-order chi connectivity index (χ0) is 24.8. The third kappa shape index (κ3) is 2.50. The van der Waals surface area contributed by atoms with Crippen molar-refractivity contribution in [2.24, 2.45) is 0 Å². The van der Waals surface area contributed by atoms with Crippen LogP contribution in [0, 0.1) is 6.92 Å². The van der Waals surface area contributed by atoms with Crippen LogP contribution in [0.3, 0.4) is 0 Å². The summed E-state index contributed by atoms with van der Waals surface area (Å²) >= 11 is 0. The number of likely N-dealkylation sites (N-methyl/N-ethyl adjacent to an activating group) is 1. The lowest BCUT2D eigenvalue weighted by Crippen LogP contribution is -2.59. The lowest BCUT2D eigenvalue weighted by molar-refractivity contribution is -0.256. The first-order valence-electron chi connectivity index (χ1n) is 12.6. The third-order valence-corrected chi connectivity index (χ3v) is 8.58. The summed E-state index contributed by atoms with van der Waals surface area (Å²) in [7, 11) is 3.78. The molecule has 184 valence electrons. The normalized spacial score (nSPS) is 25.3. The van der Waals surface area contributed by atoms with E-state index in [1.54, 1.807) is 7.11 Å². The second-order valence-electron chi connectivity index (χ2n) is 10.2. The average Bonchev–Trinajstić information content (AvgIpc) is 3.40. The van der Waals surface area contributed by atoms with E-state index in [1.807, 2.05) is 7.05 Å². The fourth-order valence-corrected chi connectivity index (χ4v) is 7.20. The van der Waals surface area contributed by atoms with Gasteiger partial charge in [0.05, 0.1) is 22.1 Å². The van der Waals surface area contributed by atoms with E-state index in [9.17, 15) is 4.79 Å². The van der Waals surface area contributed by atoms with Gasteiger partial charge in [0.2, 0.25) is 6.41 Å². The molecule has 2 aliphatic rings. The molecule has 7 rings (SSSR count). The summed E-state index contributed by atoms with van der Waals surface area (Å²) in [6.45, 7) is 4.81. The van der Waals surface area contributed by atoms with Gasteiger partial charge < -0.3 is 29.2 Å². The topological polar surface area (TPSA) is 69.5 Å². The summed E-state index contributed by atoms with van der Waals surface area (Å²) in [4.78, 5) is 11.4. The monoisotopic (exact) mass is 482 g/mol. The molecule has 1 amide bonds. The minimum Gasteiger partial charge on any atom is -0.375 e. The molecule has 5 aromatic rings. The van der Waals surface area contributed by atoms with Crippen LogP contribution in [0.1, 0.15) is 30.7 Å². The molecule has 2 aliphatic heterocycles. The van der Waals surface area contributed by atoms with Gasteiger partial charge in [0.25, 0.3) is 0 Å². The van der Waals surface area contributed by atoms with Gasteiger partial charge in [0.15, 0.2) is 5.72 Å². The zero-order valence-electron chi connectivity index (χ0n) is 21.0. The predicted molar refractivity (Wildman–Crippen MR) is 142 cm³/mol. The molecule has 1 unspecified atom stereocenters. The number of nitrogens with one attached hydrogen (secondary N) is 2. The lowest BCUT2D eigenvalue weighted by Gasteiger charge is -2.48. The molecule has 1 fully saturated rings. The number of para-hydroxylation sites is 2. The average molecular weight is 483 g/mol. The van der Waals surface area contributed by atoms with Crippen LogP contribution in [0.25, 0.3) is 43.6 Å². The molecule has 3 aromatic carbocycles. The van der Waals surface area contributed by atoms with E-state index < -0.39 is 5.72 Å². The molecular formula is C29H30N4O3. The molecule has 1 saturated heterocycles. The molecule has 2 aromatic heterocycles. The van der Waals surface area contributed by atoms with Crippen molar-refractivity contribution in [1.29, 1.82) is 0 Å². The van der Waals surface area contributed by atoms with Crippen LogP contribution >= 0.6 is 0 Å². The standard InChI is InChI=1S/C29H30N4O3/c1-16-19(14-31-15-34)25-18-10-6-8-12-22(18)33-27(25)26-24(16)17-9-5-7-11-21(17)32(26)23-13-20(30-3)28(35-4)29(33,2)36-23/h5-12,15,20,23,28,30H,13-14H2,1-4H3,(H,31,34)/t20-,23?,28-,29+/m1/s1. The summed E-state index contributed by atoms with van der Waals surface area (Å²) in [5.41, 5.74) is 6.17. The van der Waals surface area contributed by atoms with Crippen molar-refractivity contribution in [1.82, 2.24) is 19.8 Å². The second-order valence-corrected chi connectivity index (χ2v) is 10.2. The van der Waals surface area contributed by atoms with Gasteiger partial charge in [-0.1, -0.05) is 36.4 Å². The highest BCUT2D eigenvalue weighted by molar-refractivity contribution is 6.25. The highest BCUT2D eigenvalue weighted by atomic mass is 16.6. The first kappa shape index (κ1) is 21.9. The second kappa shape index (κ2) is 7.56. The fourth-order valence-electron chi connectivity index (χ4n) is 7.20. The number of aromatic nitrogens is 2. The SMILES string of the molecule is CN[C@@H]1CC2O[C@@](C)([C@@H]1OC)n1c3ccccc3c3c(CNC=O)c(C)c4c5ccccc5n2c4c31. The minimum atomic E-state index is -0.760. The van der Waals surface area contributed by atoms with E-state index in [1.165, 1.54) is 27.2 Å². The quantitative estimate of drug-likeness (QED) is 0.358. The van der Waals surface area contributed by atoms with E-state index in [0.29, 0.717) is 6.54 Å². The van der Waals surface area contributed by atoms with Crippen molar-refractivity contribution in [3.05, 3.63) is 59.7 Å². The highest BCUT2D eigenvalue weighted by Gasteiger charge is 2.52. The first-order chi connectivity index (χ1) is 17.5. The number of carbonyl (C=O) groups is 1. The van der Waals surface area contributed by atoms with Crippen LogP contribution in [0.15, 0.2) is 48.5 Å². The number of carbonyl (C=O) groups excluding carboxylic acids is 1. The molecule has 0 spiro atoms. The van der Waals surface area contributed by atoms with Gasteiger partial charge in [-0.05, 0) is 44.2 Å². The fraction of sp³-hybridized carbons (Fsp3) is 0.345. The number of hydrogen-bond acceptors (Lipinski definition) is 4. The Morgan fingerprint density at radius 1 is 1.08 bits per heavy atom. The van der Waals surface area contributed by atoms with E-state index in [2.05, 4.69) is 82.1 Å². The molecule has 7 heteroatoms. The number of fused-ring (bicyclic) bond motifs is 10. The number of ether oxygens (including phenoxy) is 2. The van der Waals surface area contributed by atoms with Crippen molar-refractivity contribution >= 4 is 50.0 Å². The van der Waals surface area contributed by atoms with Gasteiger partial charge in [0, 0.05) is 47.7 Å². The predicted octanol–water partition coefficient (Wildman–Crippen LogP) is 4.67. The van der Waals surface area contributed by atoms with Gasteiger partial charge >= 0.3 is 0 Å². The van der Waals surface area contributed by atoms with Crippen molar-refractivity contribution < 1.29 is 14.3 Å². The van der Waals surface area contributed by atoms with Crippen LogP contribution in [-0.2, 0) is 26.5 Å². The van der Waals surface area contributed by atoms with Crippen LogP contribution in [0.4, 0.5) is 0 Å². The molecule has 0 saturated carbocycles. The number of amides is 1. The summed E-state index contributed by atoms with van der Waals surface area (Å²) in [6.07, 6.45) is 1.20. The smallest absolute Gasteiger partial charge is 0.207 e. The van der Waals surface area contributed by atoms with Crippen LogP contribution < -0.4 is 10.6 Å². The molecule has 0 radical (unpaired) electrons. The molecule has 4 heterocycles. The Labute approximate surface area is 208 Å². The number of benzene rings is 3. The Hall–Kier alpha value is -3.39. The first-order valence-corrected chi connectivity index (χ1v) is 12.6. The summed E-state index contributed by atoms with van der Waals surface area (Å²) in [5.74, 6) is 0. The number of hydrogen-bond donors (Lipinski definition) is 2. The van der Waals surface area contributed by atoms with Crippen molar-refractivity contribution in [2.45, 2.75) is 50.9 Å². The molecule has 0 aliphatic carbocycles. The van der Waals surface area contributed by atoms with Crippen molar-refractivity contribution in [3.8, 4) is 0 Å². The van der Waals surface area contributed by atoms with Gasteiger partial charge in [-0.15, -0.1) is 0 Å². The van der Waals surface area contributed by atoms with E-state index in [0.717, 1.165) is 40.3 Å². The van der Waals surface area contributed by atoms with Crippen LogP contribution in [0.2, 0.25) is 0 Å². The van der Waals surface area contributed by atoms with E-state index >= 15 is 0 Å². The van der Waals surface area contributed by atoms with Crippen LogP contribution in [-0.4, -0.2) is 41.8 Å². The van der Waals surface area contributed by atoms with Gasteiger partial charge in [-0.25, -0.2) is 0 Å². The summed E-state index contributed by atoms with van der Waals surface area (Å²) < 4.78 is 18.1. The number of rotatable bonds is 5. The number of aryl methyl sites for hydroxylation is 1. The van der Waals surface area contributed by atoms with Gasteiger partial charge in [-0.3, -0.25) is 4.79 Å². The molecule has 2 bridgehead atoms. The Morgan fingerprint density at radius 3 is 2.47 bits per heavy atom. The van der Waals surface area contributed by atoms with Gasteiger partial charge in [0.1, 0.15) is 12.3 Å². The maximum Gasteiger partial charge on any atom is 0.207 e. The van der Waals surface area contributed by atoms with Crippen LogP contribution in [0.5, 0.6) is 0 Å². The molecule has 7 nitrogen and oxygen atoms in total. The lowest BCUT2D eigenvalue weighted by atomic mass is 9.93. The zero-order valence-corrected chi connectivity index (χ0v) is 21.0. The van der Waals surface area contributed by atoms with Gasteiger partial charge in [-0.2, -0.15) is 0 Å².